The Morgan fingerprint density at radius 2 is 1.90 bits per heavy atom. The second kappa shape index (κ2) is 5.58. The number of hydrogen-bond donors (Lipinski definition) is 1. The van der Waals surface area contributed by atoms with Crippen LogP contribution in [0.5, 0.6) is 5.75 Å². The number of rotatable bonds is 4. The van der Waals surface area contributed by atoms with E-state index in [2.05, 4.69) is 22.9 Å². The highest BCUT2D eigenvalue weighted by molar-refractivity contribution is 5.84. The molecule has 3 aromatic rings. The van der Waals surface area contributed by atoms with Crippen LogP contribution in [0.2, 0.25) is 0 Å². The van der Waals surface area contributed by atoms with Crippen molar-refractivity contribution in [2.45, 2.75) is 13.2 Å². The van der Waals surface area contributed by atoms with Crippen molar-refractivity contribution >= 4 is 10.9 Å². The molecule has 0 aliphatic carbocycles. The van der Waals surface area contributed by atoms with Crippen molar-refractivity contribution in [1.82, 2.24) is 4.57 Å². The topological polar surface area (TPSA) is 40.2 Å². The standard InChI is InChI=1S/C17H17FN2O/c1-20-10-13(11-21-15-5-3-14(18)4-6-15)16-7-2-12(9-19)8-17(16)20/h2-8,10H,9,11,19H2,1H3. The Morgan fingerprint density at radius 3 is 2.62 bits per heavy atom. The van der Waals surface area contributed by atoms with Gasteiger partial charge in [0, 0.05) is 36.3 Å². The summed E-state index contributed by atoms with van der Waals surface area (Å²) in [5, 5.41) is 1.15. The smallest absolute Gasteiger partial charge is 0.123 e. The first-order valence-corrected chi connectivity index (χ1v) is 6.82. The molecule has 0 amide bonds. The van der Waals surface area contributed by atoms with Crippen LogP contribution in [0.4, 0.5) is 4.39 Å². The molecule has 108 valence electrons. The summed E-state index contributed by atoms with van der Waals surface area (Å²) in [6, 6.07) is 12.2. The van der Waals surface area contributed by atoms with Gasteiger partial charge in [-0.2, -0.15) is 0 Å². The minimum Gasteiger partial charge on any atom is -0.489 e. The maximum absolute atomic E-state index is 12.9. The number of hydrogen-bond acceptors (Lipinski definition) is 2. The van der Waals surface area contributed by atoms with E-state index in [1.165, 1.54) is 12.1 Å². The molecule has 0 unspecified atom stereocenters. The van der Waals surface area contributed by atoms with Gasteiger partial charge in [-0.05, 0) is 35.9 Å². The van der Waals surface area contributed by atoms with E-state index in [-0.39, 0.29) is 5.82 Å². The highest BCUT2D eigenvalue weighted by atomic mass is 19.1. The monoisotopic (exact) mass is 284 g/mol. The average Bonchev–Trinajstić information content (AvgIpc) is 2.82. The number of nitrogens with two attached hydrogens (primary N) is 1. The number of benzene rings is 2. The summed E-state index contributed by atoms with van der Waals surface area (Å²) in [6.45, 7) is 0.980. The molecule has 0 aliphatic rings. The van der Waals surface area contributed by atoms with Crippen molar-refractivity contribution < 1.29 is 9.13 Å². The number of aromatic nitrogens is 1. The Hall–Kier alpha value is -2.33. The van der Waals surface area contributed by atoms with E-state index >= 15 is 0 Å². The highest BCUT2D eigenvalue weighted by Crippen LogP contribution is 2.23. The number of ether oxygens (including phenoxy) is 1. The zero-order chi connectivity index (χ0) is 14.8. The van der Waals surface area contributed by atoms with Crippen LogP contribution in [-0.4, -0.2) is 4.57 Å². The molecule has 3 nitrogen and oxygen atoms in total. The zero-order valence-corrected chi connectivity index (χ0v) is 11.8. The first kappa shape index (κ1) is 13.6. The average molecular weight is 284 g/mol. The van der Waals surface area contributed by atoms with Crippen LogP contribution in [-0.2, 0) is 20.2 Å². The fraction of sp³-hybridized carbons (Fsp3) is 0.176. The van der Waals surface area contributed by atoms with Crippen molar-refractivity contribution in [2.75, 3.05) is 0 Å². The molecular weight excluding hydrogens is 267 g/mol. The molecule has 2 aromatic carbocycles. The molecule has 0 radical (unpaired) electrons. The van der Waals surface area contributed by atoms with E-state index in [4.69, 9.17) is 10.5 Å². The predicted molar refractivity (Wildman–Crippen MR) is 81.5 cm³/mol. The van der Waals surface area contributed by atoms with Gasteiger partial charge in [-0.1, -0.05) is 12.1 Å². The quantitative estimate of drug-likeness (QED) is 0.798. The maximum atomic E-state index is 12.9. The molecule has 0 fully saturated rings. The summed E-state index contributed by atoms with van der Waals surface area (Å²) >= 11 is 0. The molecule has 1 heterocycles. The summed E-state index contributed by atoms with van der Waals surface area (Å²) in [6.07, 6.45) is 2.05. The van der Waals surface area contributed by atoms with Crippen molar-refractivity contribution in [1.29, 1.82) is 0 Å². The Kier molecular flexibility index (Phi) is 3.62. The van der Waals surface area contributed by atoms with Gasteiger partial charge >= 0.3 is 0 Å². The van der Waals surface area contributed by atoms with Gasteiger partial charge in [0.05, 0.1) is 0 Å². The van der Waals surface area contributed by atoms with Crippen molar-refractivity contribution in [3.63, 3.8) is 0 Å². The van der Waals surface area contributed by atoms with E-state index in [9.17, 15) is 4.39 Å². The molecule has 0 saturated heterocycles. The molecule has 0 aliphatic heterocycles. The van der Waals surface area contributed by atoms with Crippen LogP contribution in [0.3, 0.4) is 0 Å². The number of halogens is 1. The van der Waals surface area contributed by atoms with E-state index in [1.807, 2.05) is 13.1 Å². The Balaban J connectivity index is 1.85. The van der Waals surface area contributed by atoms with Crippen LogP contribution < -0.4 is 10.5 Å². The Labute approximate surface area is 122 Å². The highest BCUT2D eigenvalue weighted by Gasteiger charge is 2.08. The molecule has 0 bridgehead atoms. The number of fused-ring (bicyclic) bond motifs is 1. The van der Waals surface area contributed by atoms with Gasteiger partial charge in [0.2, 0.25) is 0 Å². The second-order valence-corrected chi connectivity index (χ2v) is 5.06. The largest absolute Gasteiger partial charge is 0.489 e. The van der Waals surface area contributed by atoms with Crippen LogP contribution in [0.15, 0.2) is 48.7 Å². The van der Waals surface area contributed by atoms with Crippen LogP contribution in [0.1, 0.15) is 11.1 Å². The lowest BCUT2D eigenvalue weighted by Crippen LogP contribution is -1.96. The van der Waals surface area contributed by atoms with Gasteiger partial charge in [-0.15, -0.1) is 0 Å². The van der Waals surface area contributed by atoms with Crippen LogP contribution in [0.25, 0.3) is 10.9 Å². The lowest BCUT2D eigenvalue weighted by molar-refractivity contribution is 0.307. The minimum absolute atomic E-state index is 0.262. The molecule has 1 aromatic heterocycles. The lowest BCUT2D eigenvalue weighted by Gasteiger charge is -2.05. The summed E-state index contributed by atoms with van der Waals surface area (Å²) in [7, 11) is 2.00. The molecule has 21 heavy (non-hydrogen) atoms. The van der Waals surface area contributed by atoms with Crippen molar-refractivity contribution in [2.24, 2.45) is 12.8 Å². The molecule has 0 atom stereocenters. The van der Waals surface area contributed by atoms with Gasteiger partial charge < -0.3 is 15.0 Å². The van der Waals surface area contributed by atoms with Crippen LogP contribution >= 0.6 is 0 Å². The first-order valence-electron chi connectivity index (χ1n) is 6.82. The van der Waals surface area contributed by atoms with E-state index < -0.39 is 0 Å². The van der Waals surface area contributed by atoms with Gasteiger partial charge in [-0.25, -0.2) is 4.39 Å². The van der Waals surface area contributed by atoms with Gasteiger partial charge in [-0.3, -0.25) is 0 Å². The van der Waals surface area contributed by atoms with Crippen molar-refractivity contribution in [3.8, 4) is 5.75 Å². The molecule has 0 saturated carbocycles. The summed E-state index contributed by atoms with van der Waals surface area (Å²) in [5.74, 6) is 0.397. The lowest BCUT2D eigenvalue weighted by atomic mass is 10.1. The van der Waals surface area contributed by atoms with E-state index in [0.29, 0.717) is 18.9 Å². The fourth-order valence-corrected chi connectivity index (χ4v) is 2.45. The normalized spacial score (nSPS) is 11.0. The van der Waals surface area contributed by atoms with Crippen LogP contribution in [0, 0.1) is 5.82 Å². The third kappa shape index (κ3) is 2.76. The molecule has 4 heteroatoms. The van der Waals surface area contributed by atoms with Gasteiger partial charge in [0.25, 0.3) is 0 Å². The molecular formula is C17H17FN2O. The summed E-state index contributed by atoms with van der Waals surface area (Å²) < 4.78 is 20.7. The number of nitrogens with zero attached hydrogens (tertiary/aromatic N) is 1. The molecule has 2 N–H and O–H groups in total. The first-order chi connectivity index (χ1) is 10.2. The van der Waals surface area contributed by atoms with E-state index in [0.717, 1.165) is 22.0 Å². The third-order valence-corrected chi connectivity index (χ3v) is 3.58. The van der Waals surface area contributed by atoms with E-state index in [1.54, 1.807) is 12.1 Å². The summed E-state index contributed by atoms with van der Waals surface area (Å²) in [5.41, 5.74) is 9.02. The predicted octanol–water partition coefficient (Wildman–Crippen LogP) is 3.36. The summed E-state index contributed by atoms with van der Waals surface area (Å²) in [4.78, 5) is 0. The fourth-order valence-electron chi connectivity index (χ4n) is 2.45. The number of aryl methyl sites for hydroxylation is 1. The Morgan fingerprint density at radius 1 is 1.14 bits per heavy atom. The van der Waals surface area contributed by atoms with Gasteiger partial charge in [0.15, 0.2) is 0 Å². The minimum atomic E-state index is -0.262. The SMILES string of the molecule is Cn1cc(COc2ccc(F)cc2)c2ccc(CN)cc21. The zero-order valence-electron chi connectivity index (χ0n) is 11.8. The molecule has 0 spiro atoms. The molecule has 3 rings (SSSR count). The van der Waals surface area contributed by atoms with Gasteiger partial charge in [0.1, 0.15) is 18.2 Å². The Bertz CT molecular complexity index is 762. The second-order valence-electron chi connectivity index (χ2n) is 5.06. The third-order valence-electron chi connectivity index (χ3n) is 3.58. The van der Waals surface area contributed by atoms with Crippen molar-refractivity contribution in [3.05, 3.63) is 65.6 Å². The maximum Gasteiger partial charge on any atom is 0.123 e.